The Labute approximate surface area is 131 Å². The maximum absolute atomic E-state index is 12.8. The standard InChI is InChI=1S/C14H20N2O3S2/c1-9-6-12(14(15)20)4-5-13(9)21(17,18)16-7-10(2)19-11(3)8-16/h4-6,10-11H,7-8H2,1-3H3,(H2,15,20)/t10-,11+. The molecule has 21 heavy (non-hydrogen) atoms. The molecule has 0 amide bonds. The van der Waals surface area contributed by atoms with Gasteiger partial charge in [-0.1, -0.05) is 18.3 Å². The largest absolute Gasteiger partial charge is 0.389 e. The van der Waals surface area contributed by atoms with Crippen molar-refractivity contribution in [3.8, 4) is 0 Å². The van der Waals surface area contributed by atoms with Gasteiger partial charge < -0.3 is 10.5 Å². The molecule has 0 saturated carbocycles. The van der Waals surface area contributed by atoms with Crippen molar-refractivity contribution in [2.24, 2.45) is 5.73 Å². The number of ether oxygens (including phenoxy) is 1. The number of nitrogens with two attached hydrogens (primary N) is 1. The van der Waals surface area contributed by atoms with Crippen molar-refractivity contribution in [1.29, 1.82) is 0 Å². The molecule has 1 aromatic rings. The number of morpholine rings is 1. The Morgan fingerprint density at radius 1 is 1.33 bits per heavy atom. The lowest BCUT2D eigenvalue weighted by Gasteiger charge is -2.34. The molecule has 7 heteroatoms. The zero-order valence-corrected chi connectivity index (χ0v) is 14.0. The highest BCUT2D eigenvalue weighted by molar-refractivity contribution is 7.89. The molecule has 0 bridgehead atoms. The fourth-order valence-electron chi connectivity index (χ4n) is 2.56. The average Bonchev–Trinajstić information content (AvgIpc) is 2.36. The summed E-state index contributed by atoms with van der Waals surface area (Å²) in [7, 11) is -3.53. The van der Waals surface area contributed by atoms with E-state index in [1.54, 1.807) is 25.1 Å². The summed E-state index contributed by atoms with van der Waals surface area (Å²) in [4.78, 5) is 0.555. The molecule has 1 aliphatic rings. The quantitative estimate of drug-likeness (QED) is 0.850. The molecule has 2 atom stereocenters. The lowest BCUT2D eigenvalue weighted by atomic mass is 10.1. The molecule has 0 aliphatic carbocycles. The topological polar surface area (TPSA) is 72.6 Å². The van der Waals surface area contributed by atoms with Crippen LogP contribution >= 0.6 is 12.2 Å². The van der Waals surface area contributed by atoms with Gasteiger partial charge in [-0.05, 0) is 38.5 Å². The van der Waals surface area contributed by atoms with Crippen LogP contribution in [0, 0.1) is 6.92 Å². The molecular weight excluding hydrogens is 308 g/mol. The highest BCUT2D eigenvalue weighted by atomic mass is 32.2. The van der Waals surface area contributed by atoms with Gasteiger partial charge in [0, 0.05) is 18.7 Å². The number of rotatable bonds is 3. The van der Waals surface area contributed by atoms with Crippen molar-refractivity contribution in [3.63, 3.8) is 0 Å². The number of thiocarbonyl (C=S) groups is 1. The monoisotopic (exact) mass is 328 g/mol. The van der Waals surface area contributed by atoms with Crippen molar-refractivity contribution in [3.05, 3.63) is 29.3 Å². The predicted molar refractivity (Wildman–Crippen MR) is 85.8 cm³/mol. The van der Waals surface area contributed by atoms with Gasteiger partial charge in [0.05, 0.1) is 17.1 Å². The highest BCUT2D eigenvalue weighted by Gasteiger charge is 2.33. The second kappa shape index (κ2) is 6.00. The lowest BCUT2D eigenvalue weighted by Crippen LogP contribution is -2.48. The van der Waals surface area contributed by atoms with E-state index in [1.165, 1.54) is 4.31 Å². The predicted octanol–water partition coefficient (Wildman–Crippen LogP) is 1.43. The van der Waals surface area contributed by atoms with E-state index in [0.29, 0.717) is 29.1 Å². The van der Waals surface area contributed by atoms with Crippen molar-refractivity contribution in [1.82, 2.24) is 4.31 Å². The Morgan fingerprint density at radius 3 is 2.38 bits per heavy atom. The molecule has 5 nitrogen and oxygen atoms in total. The van der Waals surface area contributed by atoms with E-state index in [-0.39, 0.29) is 17.2 Å². The summed E-state index contributed by atoms with van der Waals surface area (Å²) in [5.74, 6) is 0. The van der Waals surface area contributed by atoms with E-state index in [2.05, 4.69) is 0 Å². The molecule has 0 radical (unpaired) electrons. The number of sulfonamides is 1. The van der Waals surface area contributed by atoms with E-state index in [9.17, 15) is 8.42 Å². The van der Waals surface area contributed by atoms with E-state index in [4.69, 9.17) is 22.7 Å². The second-order valence-corrected chi connectivity index (χ2v) is 7.77. The molecule has 2 rings (SSSR count). The Bertz CT molecular complexity index is 648. The van der Waals surface area contributed by atoms with E-state index >= 15 is 0 Å². The third-order valence-corrected chi connectivity index (χ3v) is 5.69. The van der Waals surface area contributed by atoms with Gasteiger partial charge in [-0.2, -0.15) is 4.31 Å². The Hall–Kier alpha value is -1.02. The van der Waals surface area contributed by atoms with Crippen molar-refractivity contribution >= 4 is 27.2 Å². The first-order chi connectivity index (χ1) is 9.71. The molecule has 1 heterocycles. The van der Waals surface area contributed by atoms with Crippen LogP contribution in [-0.4, -0.2) is 43.0 Å². The van der Waals surface area contributed by atoms with E-state index < -0.39 is 10.0 Å². The number of hydrogen-bond donors (Lipinski definition) is 1. The molecule has 0 aromatic heterocycles. The number of hydrogen-bond acceptors (Lipinski definition) is 4. The van der Waals surface area contributed by atoms with Crippen LogP contribution in [-0.2, 0) is 14.8 Å². The molecular formula is C14H20N2O3S2. The van der Waals surface area contributed by atoms with Crippen LogP contribution < -0.4 is 5.73 Å². The first-order valence-electron chi connectivity index (χ1n) is 6.78. The van der Waals surface area contributed by atoms with Crippen LogP contribution in [0.1, 0.15) is 25.0 Å². The summed E-state index contributed by atoms with van der Waals surface area (Å²) in [6.45, 7) is 6.23. The van der Waals surface area contributed by atoms with Crippen molar-refractivity contribution in [2.75, 3.05) is 13.1 Å². The van der Waals surface area contributed by atoms with E-state index in [1.807, 2.05) is 13.8 Å². The fraction of sp³-hybridized carbons (Fsp3) is 0.500. The smallest absolute Gasteiger partial charge is 0.243 e. The molecule has 1 fully saturated rings. The molecule has 1 aliphatic heterocycles. The number of aryl methyl sites for hydroxylation is 1. The number of nitrogens with zero attached hydrogens (tertiary/aromatic N) is 1. The maximum Gasteiger partial charge on any atom is 0.243 e. The van der Waals surface area contributed by atoms with Gasteiger partial charge in [0.25, 0.3) is 0 Å². The van der Waals surface area contributed by atoms with Gasteiger partial charge >= 0.3 is 0 Å². The fourth-order valence-corrected chi connectivity index (χ4v) is 4.48. The highest BCUT2D eigenvalue weighted by Crippen LogP contribution is 2.24. The van der Waals surface area contributed by atoms with Gasteiger partial charge in [0.2, 0.25) is 10.0 Å². The molecule has 1 aromatic carbocycles. The van der Waals surface area contributed by atoms with Gasteiger partial charge in [-0.3, -0.25) is 0 Å². The van der Waals surface area contributed by atoms with Crippen molar-refractivity contribution < 1.29 is 13.2 Å². The van der Waals surface area contributed by atoms with Crippen LogP contribution in [0.2, 0.25) is 0 Å². The van der Waals surface area contributed by atoms with Gasteiger partial charge in [0.15, 0.2) is 0 Å². The van der Waals surface area contributed by atoms with Crippen LogP contribution in [0.5, 0.6) is 0 Å². The van der Waals surface area contributed by atoms with Crippen LogP contribution in [0.4, 0.5) is 0 Å². The Morgan fingerprint density at radius 2 is 1.90 bits per heavy atom. The third-order valence-electron chi connectivity index (χ3n) is 3.46. The SMILES string of the molecule is Cc1cc(C(N)=S)ccc1S(=O)(=O)N1C[C@@H](C)O[C@@H](C)C1. The summed E-state index contributed by atoms with van der Waals surface area (Å²) in [5, 5.41) is 0. The number of benzene rings is 1. The molecule has 0 spiro atoms. The van der Waals surface area contributed by atoms with Gasteiger partial charge in [-0.25, -0.2) is 8.42 Å². The summed E-state index contributed by atoms with van der Waals surface area (Å²) in [5.41, 5.74) is 6.89. The second-order valence-electron chi connectivity index (χ2n) is 5.42. The van der Waals surface area contributed by atoms with Gasteiger partial charge in [-0.15, -0.1) is 0 Å². The average molecular weight is 328 g/mol. The molecule has 2 N–H and O–H groups in total. The summed E-state index contributed by atoms with van der Waals surface area (Å²) in [6.07, 6.45) is -0.223. The first kappa shape index (κ1) is 16.4. The van der Waals surface area contributed by atoms with Crippen LogP contribution in [0.25, 0.3) is 0 Å². The van der Waals surface area contributed by atoms with E-state index in [0.717, 1.165) is 0 Å². The minimum atomic E-state index is -3.53. The van der Waals surface area contributed by atoms with Crippen LogP contribution in [0.3, 0.4) is 0 Å². The summed E-state index contributed by atoms with van der Waals surface area (Å²) >= 11 is 4.92. The maximum atomic E-state index is 12.8. The zero-order chi connectivity index (χ0) is 15.8. The lowest BCUT2D eigenvalue weighted by molar-refractivity contribution is -0.0440. The summed E-state index contributed by atoms with van der Waals surface area (Å²) < 4.78 is 32.6. The first-order valence-corrected chi connectivity index (χ1v) is 8.62. The summed E-state index contributed by atoms with van der Waals surface area (Å²) in [6, 6.07) is 4.93. The minimum absolute atomic E-state index is 0.111. The Kier molecular flexibility index (Phi) is 4.67. The normalized spacial score (nSPS) is 24.0. The third kappa shape index (κ3) is 3.42. The zero-order valence-electron chi connectivity index (χ0n) is 12.4. The molecule has 1 saturated heterocycles. The molecule has 116 valence electrons. The van der Waals surface area contributed by atoms with Crippen LogP contribution in [0.15, 0.2) is 23.1 Å². The van der Waals surface area contributed by atoms with Gasteiger partial charge in [0.1, 0.15) is 4.99 Å². The minimum Gasteiger partial charge on any atom is -0.389 e. The Balaban J connectivity index is 2.37. The van der Waals surface area contributed by atoms with Crippen molar-refractivity contribution in [2.45, 2.75) is 37.9 Å². The molecule has 0 unspecified atom stereocenters.